The Morgan fingerprint density at radius 3 is 2.80 bits per heavy atom. The van der Waals surface area contributed by atoms with Crippen molar-refractivity contribution < 1.29 is 22.7 Å². The average molecular weight is 489 g/mol. The summed E-state index contributed by atoms with van der Waals surface area (Å²) in [6.45, 7) is 2.52. The minimum atomic E-state index is -4.29. The van der Waals surface area contributed by atoms with E-state index in [0.717, 1.165) is 41.1 Å². The molecule has 3 aromatic rings. The van der Waals surface area contributed by atoms with Crippen LogP contribution < -0.4 is 15.5 Å². The first-order chi connectivity index (χ1) is 16.9. The van der Waals surface area contributed by atoms with Crippen LogP contribution in [0, 0.1) is 5.92 Å². The van der Waals surface area contributed by atoms with Crippen molar-refractivity contribution in [1.29, 1.82) is 0 Å². The first kappa shape index (κ1) is 23.4. The second-order valence-corrected chi connectivity index (χ2v) is 8.87. The molecule has 2 aliphatic rings. The molecule has 5 rings (SSSR count). The summed E-state index contributed by atoms with van der Waals surface area (Å²) < 4.78 is 42.9. The van der Waals surface area contributed by atoms with Crippen LogP contribution in [0.5, 0.6) is 0 Å². The molecule has 1 fully saturated rings. The number of hydrogen-bond donors (Lipinski definition) is 3. The number of nitrogens with one attached hydrogen (secondary N) is 3. The average Bonchev–Trinajstić information content (AvgIpc) is 3.23. The largest absolute Gasteiger partial charge is 0.390 e. The van der Waals surface area contributed by atoms with Gasteiger partial charge in [-0.15, -0.1) is 0 Å². The van der Waals surface area contributed by atoms with E-state index >= 15 is 0 Å². The first-order valence-electron chi connectivity index (χ1n) is 11.8. The number of amides is 1. The van der Waals surface area contributed by atoms with Crippen molar-refractivity contribution in [1.82, 2.24) is 20.3 Å². The van der Waals surface area contributed by atoms with Gasteiger partial charge in [0.05, 0.1) is 36.4 Å². The molecule has 2 aromatic heterocycles. The topological polar surface area (TPSA) is 95.2 Å². The fraction of sp³-hybridized carbons (Fsp3) is 0.458. The van der Waals surface area contributed by atoms with E-state index in [1.807, 2.05) is 18.2 Å². The Kier molecular flexibility index (Phi) is 6.50. The number of fused-ring (bicyclic) bond motifs is 3. The lowest BCUT2D eigenvalue weighted by Crippen LogP contribution is -2.36. The Morgan fingerprint density at radius 1 is 1.20 bits per heavy atom. The summed E-state index contributed by atoms with van der Waals surface area (Å²) in [6.07, 6.45) is -2.24. The van der Waals surface area contributed by atoms with Gasteiger partial charge < -0.3 is 25.3 Å². The summed E-state index contributed by atoms with van der Waals surface area (Å²) in [4.78, 5) is 27.1. The van der Waals surface area contributed by atoms with Gasteiger partial charge in [0, 0.05) is 31.2 Å². The summed E-state index contributed by atoms with van der Waals surface area (Å²) in [5.41, 5.74) is 4.56. The summed E-state index contributed by atoms with van der Waals surface area (Å²) in [6, 6.07) is 8.00. The number of hydrogen-bond acceptors (Lipinski definition) is 6. The second-order valence-electron chi connectivity index (χ2n) is 8.87. The predicted molar refractivity (Wildman–Crippen MR) is 126 cm³/mol. The second kappa shape index (κ2) is 9.73. The fourth-order valence-corrected chi connectivity index (χ4v) is 4.82. The third-order valence-corrected chi connectivity index (χ3v) is 6.56. The van der Waals surface area contributed by atoms with Gasteiger partial charge in [0.15, 0.2) is 0 Å². The van der Waals surface area contributed by atoms with E-state index in [9.17, 15) is 18.0 Å². The summed E-state index contributed by atoms with van der Waals surface area (Å²) >= 11 is 0. The molecule has 0 saturated carbocycles. The van der Waals surface area contributed by atoms with Crippen LogP contribution in [0.1, 0.15) is 24.1 Å². The Hall–Kier alpha value is -3.34. The van der Waals surface area contributed by atoms with E-state index < -0.39 is 25.1 Å². The number of carbonyl (C=O) groups excluding carboxylic acids is 1. The van der Waals surface area contributed by atoms with Gasteiger partial charge in [-0.05, 0) is 37.0 Å². The molecule has 35 heavy (non-hydrogen) atoms. The highest BCUT2D eigenvalue weighted by Gasteiger charge is 2.31. The molecule has 1 aliphatic heterocycles. The molecular formula is C24H27F3N6O2. The molecule has 1 aliphatic carbocycles. The number of H-pyrrole nitrogens is 1. The predicted octanol–water partition coefficient (Wildman–Crippen LogP) is 3.71. The normalized spacial score (nSPS) is 18.4. The quantitative estimate of drug-likeness (QED) is 0.490. The van der Waals surface area contributed by atoms with Gasteiger partial charge in [-0.1, -0.05) is 12.1 Å². The number of benzene rings is 1. The van der Waals surface area contributed by atoms with Crippen LogP contribution in [0.2, 0.25) is 0 Å². The summed E-state index contributed by atoms with van der Waals surface area (Å²) in [7, 11) is 0. The van der Waals surface area contributed by atoms with Crippen LogP contribution in [0.3, 0.4) is 0 Å². The number of ether oxygens (including phenoxy) is 1. The highest BCUT2D eigenvalue weighted by molar-refractivity contribution is 5.95. The van der Waals surface area contributed by atoms with Gasteiger partial charge >= 0.3 is 6.18 Å². The maximum absolute atomic E-state index is 12.6. The Bertz CT molecular complexity index is 1210. The van der Waals surface area contributed by atoms with Crippen LogP contribution >= 0.6 is 0 Å². The maximum Gasteiger partial charge on any atom is 0.390 e. The van der Waals surface area contributed by atoms with Gasteiger partial charge in [0.25, 0.3) is 0 Å². The summed E-state index contributed by atoms with van der Waals surface area (Å²) in [5.74, 6) is -0.118. The highest BCUT2D eigenvalue weighted by atomic mass is 19.4. The third-order valence-electron chi connectivity index (χ3n) is 6.56. The van der Waals surface area contributed by atoms with E-state index in [-0.39, 0.29) is 5.91 Å². The highest BCUT2D eigenvalue weighted by Crippen LogP contribution is 2.37. The van der Waals surface area contributed by atoms with Crippen molar-refractivity contribution in [3.63, 3.8) is 0 Å². The van der Waals surface area contributed by atoms with Gasteiger partial charge in [0.1, 0.15) is 17.8 Å². The van der Waals surface area contributed by atoms with Gasteiger partial charge in [-0.3, -0.25) is 4.79 Å². The standard InChI is InChI=1S/C24H27F3N6O2/c25-24(26,27)7-8-28-23(34)15-5-6-17-16(13-15)20-21(31-17)29-14-30-22(20)32-18-3-1-2-4-19(18)33-9-11-35-12-10-33/h1-4,14-15H,5-13H2,(H,28,34)(H2,29,30,31,32)/t15-/m0/s1. The molecule has 1 atom stereocenters. The molecule has 8 nitrogen and oxygen atoms in total. The maximum atomic E-state index is 12.6. The van der Waals surface area contributed by atoms with E-state index in [4.69, 9.17) is 4.74 Å². The molecule has 0 bridgehead atoms. The van der Waals surface area contributed by atoms with Crippen molar-refractivity contribution in [2.45, 2.75) is 31.9 Å². The molecule has 3 heterocycles. The molecule has 0 radical (unpaired) electrons. The molecule has 186 valence electrons. The lowest BCUT2D eigenvalue weighted by Gasteiger charge is -2.30. The Morgan fingerprint density at radius 2 is 2.00 bits per heavy atom. The van der Waals surface area contributed by atoms with Crippen molar-refractivity contribution in [2.75, 3.05) is 43.1 Å². The smallest absolute Gasteiger partial charge is 0.378 e. The first-order valence-corrected chi connectivity index (χ1v) is 11.8. The minimum Gasteiger partial charge on any atom is -0.378 e. The number of nitrogens with zero attached hydrogens (tertiary/aromatic N) is 3. The van der Waals surface area contributed by atoms with Crippen LogP contribution in [0.15, 0.2) is 30.6 Å². The summed E-state index contributed by atoms with van der Waals surface area (Å²) in [5, 5.41) is 6.72. The Labute approximate surface area is 200 Å². The minimum absolute atomic E-state index is 0.349. The zero-order valence-electron chi connectivity index (χ0n) is 19.1. The number of aryl methyl sites for hydroxylation is 1. The number of aromatic amines is 1. The van der Waals surface area contributed by atoms with Gasteiger partial charge in [0.2, 0.25) is 5.91 Å². The molecule has 0 spiro atoms. The number of para-hydroxylation sites is 2. The lowest BCUT2D eigenvalue weighted by atomic mass is 9.86. The molecule has 3 N–H and O–H groups in total. The van der Waals surface area contributed by atoms with Gasteiger partial charge in [-0.25, -0.2) is 9.97 Å². The molecule has 1 aromatic carbocycles. The third kappa shape index (κ3) is 5.19. The van der Waals surface area contributed by atoms with Crippen LogP contribution in [-0.4, -0.2) is 59.9 Å². The number of rotatable bonds is 6. The van der Waals surface area contributed by atoms with E-state index in [1.54, 1.807) is 0 Å². The monoisotopic (exact) mass is 488 g/mol. The fourth-order valence-electron chi connectivity index (χ4n) is 4.82. The number of carbonyl (C=O) groups is 1. The van der Waals surface area contributed by atoms with Crippen LogP contribution in [0.25, 0.3) is 11.0 Å². The number of alkyl halides is 3. The van der Waals surface area contributed by atoms with Crippen molar-refractivity contribution in [3.05, 3.63) is 41.9 Å². The SMILES string of the molecule is O=C(NCCC(F)(F)F)[C@H]1CCc2[nH]c3ncnc(Nc4ccccc4N4CCOCC4)c3c2C1. The number of anilines is 3. The van der Waals surface area contributed by atoms with Crippen LogP contribution in [-0.2, 0) is 22.4 Å². The number of halogens is 3. The number of aromatic nitrogens is 3. The van der Waals surface area contributed by atoms with Crippen molar-refractivity contribution in [3.8, 4) is 0 Å². The number of morpholine rings is 1. The Balaban J connectivity index is 1.39. The lowest BCUT2D eigenvalue weighted by molar-refractivity contribution is -0.136. The van der Waals surface area contributed by atoms with E-state index in [1.165, 1.54) is 6.33 Å². The van der Waals surface area contributed by atoms with Crippen molar-refractivity contribution in [2.24, 2.45) is 5.92 Å². The molecule has 1 amide bonds. The molecule has 1 saturated heterocycles. The van der Waals surface area contributed by atoms with Crippen LogP contribution in [0.4, 0.5) is 30.4 Å². The van der Waals surface area contributed by atoms with E-state index in [0.29, 0.717) is 43.9 Å². The molecule has 0 unspecified atom stereocenters. The van der Waals surface area contributed by atoms with Crippen molar-refractivity contribution >= 4 is 34.1 Å². The molecule has 11 heteroatoms. The van der Waals surface area contributed by atoms with E-state index in [2.05, 4.69) is 36.6 Å². The van der Waals surface area contributed by atoms with Gasteiger partial charge in [-0.2, -0.15) is 13.2 Å². The zero-order chi connectivity index (χ0) is 24.4. The molecular weight excluding hydrogens is 461 g/mol. The zero-order valence-corrected chi connectivity index (χ0v) is 19.1.